The van der Waals surface area contributed by atoms with Crippen LogP contribution in [0.3, 0.4) is 0 Å². The summed E-state index contributed by atoms with van der Waals surface area (Å²) >= 11 is 0. The third kappa shape index (κ3) is 10.4. The third-order valence-electron chi connectivity index (χ3n) is 6.16. The van der Waals surface area contributed by atoms with Crippen molar-refractivity contribution in [2.45, 2.75) is 44.6 Å². The summed E-state index contributed by atoms with van der Waals surface area (Å²) in [6, 6.07) is 5.29. The van der Waals surface area contributed by atoms with Gasteiger partial charge in [-0.25, -0.2) is 0 Å². The highest BCUT2D eigenvalue weighted by atomic mass is 19.4. The van der Waals surface area contributed by atoms with Gasteiger partial charge in [0, 0.05) is 59.5 Å². The predicted octanol–water partition coefficient (Wildman–Crippen LogP) is 1.67. The number of nitrogens with zero attached hydrogens (tertiary/aromatic N) is 4. The Bertz CT molecular complexity index is 827. The molecular formula is C24H38F3N5O4. The van der Waals surface area contributed by atoms with Crippen LogP contribution in [0.25, 0.3) is 0 Å². The first-order valence-corrected chi connectivity index (χ1v) is 12.2. The quantitative estimate of drug-likeness (QED) is 0.371. The monoisotopic (exact) mass is 517 g/mol. The van der Waals surface area contributed by atoms with Gasteiger partial charge in [0.25, 0.3) is 0 Å². The molecule has 0 spiro atoms. The molecule has 1 unspecified atom stereocenters. The van der Waals surface area contributed by atoms with Gasteiger partial charge in [-0.15, -0.1) is 0 Å². The number of amides is 1. The highest BCUT2D eigenvalue weighted by molar-refractivity contribution is 5.81. The van der Waals surface area contributed by atoms with Gasteiger partial charge in [-0.1, -0.05) is 6.07 Å². The van der Waals surface area contributed by atoms with E-state index in [2.05, 4.69) is 9.80 Å². The summed E-state index contributed by atoms with van der Waals surface area (Å²) in [7, 11) is 5.05. The summed E-state index contributed by atoms with van der Waals surface area (Å²) in [5.74, 6) is -2.35. The van der Waals surface area contributed by atoms with E-state index >= 15 is 0 Å². The zero-order valence-electron chi connectivity index (χ0n) is 21.4. The average Bonchev–Trinajstić information content (AvgIpc) is 2.84. The zero-order chi connectivity index (χ0) is 26.6. The highest BCUT2D eigenvalue weighted by Gasteiger charge is 2.38. The number of halogens is 3. The number of hydrogen-bond acceptors (Lipinski definition) is 8. The summed E-state index contributed by atoms with van der Waals surface area (Å²) in [5, 5.41) is 1.87. The number of methoxy groups -OCH3 is 2. The summed E-state index contributed by atoms with van der Waals surface area (Å²) < 4.78 is 47.4. The topological polar surface area (TPSA) is 87.2 Å². The van der Waals surface area contributed by atoms with Crippen LogP contribution in [0.2, 0.25) is 0 Å². The molecule has 0 saturated carbocycles. The normalized spacial score (nSPS) is 17.6. The molecule has 12 heteroatoms. The Kier molecular flexibility index (Phi) is 12.5. The molecule has 2 bridgehead atoms. The summed E-state index contributed by atoms with van der Waals surface area (Å²) in [6.07, 6.45) is -3.74. The molecule has 36 heavy (non-hydrogen) atoms. The van der Waals surface area contributed by atoms with Crippen LogP contribution >= 0.6 is 0 Å². The maximum atomic E-state index is 12.7. The van der Waals surface area contributed by atoms with Crippen LogP contribution in [0.1, 0.15) is 30.7 Å². The smallest absolute Gasteiger partial charge is 0.468 e. The fourth-order valence-electron chi connectivity index (χ4n) is 4.05. The second-order valence-electron chi connectivity index (χ2n) is 8.95. The number of fused-ring (bicyclic) bond motifs is 2. The first kappa shape index (κ1) is 29.9. The molecule has 204 valence electrons. The predicted molar refractivity (Wildman–Crippen MR) is 128 cm³/mol. The number of pyridine rings is 1. The number of unbranched alkanes of at least 4 members (excludes halogenated alkanes) is 1. The van der Waals surface area contributed by atoms with E-state index in [0.717, 1.165) is 31.0 Å². The molecule has 1 aliphatic heterocycles. The van der Waals surface area contributed by atoms with Crippen molar-refractivity contribution in [3.63, 3.8) is 0 Å². The molecule has 0 radical (unpaired) electrons. The van der Waals surface area contributed by atoms with Crippen LogP contribution in [-0.4, -0.2) is 111 Å². The van der Waals surface area contributed by atoms with Crippen molar-refractivity contribution in [1.29, 1.82) is 0 Å². The lowest BCUT2D eigenvalue weighted by Crippen LogP contribution is -2.46. The second-order valence-corrected chi connectivity index (χ2v) is 8.95. The number of aromatic nitrogens is 1. The van der Waals surface area contributed by atoms with Crippen LogP contribution in [0, 0.1) is 0 Å². The third-order valence-corrected chi connectivity index (χ3v) is 6.16. The van der Waals surface area contributed by atoms with Crippen LogP contribution in [0.5, 0.6) is 0 Å². The minimum Gasteiger partial charge on any atom is -0.468 e. The van der Waals surface area contributed by atoms with Crippen LogP contribution in [0.4, 0.5) is 13.2 Å². The molecule has 1 amide bonds. The van der Waals surface area contributed by atoms with Crippen molar-refractivity contribution in [2.75, 3.05) is 67.1 Å². The van der Waals surface area contributed by atoms with Gasteiger partial charge in [0.1, 0.15) is 6.04 Å². The Hall–Kier alpha value is -2.28. The van der Waals surface area contributed by atoms with Crippen LogP contribution < -0.4 is 5.32 Å². The maximum Gasteiger partial charge on any atom is 0.471 e. The number of rotatable bonds is 10. The molecule has 0 aliphatic carbocycles. The van der Waals surface area contributed by atoms with Gasteiger partial charge in [0.15, 0.2) is 0 Å². The lowest BCUT2D eigenvalue weighted by atomic mass is 10.1. The van der Waals surface area contributed by atoms with Gasteiger partial charge in [-0.2, -0.15) is 13.2 Å². The standard InChI is InChI=1S/C24H38F3N5O4/c1-30-11-13-31(15-16-35-2)17-19-7-6-8-20(29-19)18-32(14-12-30)21(22(33)36-3)9-4-5-10-28-23(34)24(25,26)27/h6-8,21H,4-5,9-18H2,1-3H3,(H,28,34). The average molecular weight is 518 g/mol. The van der Waals surface area contributed by atoms with Crippen molar-refractivity contribution in [3.8, 4) is 0 Å². The Morgan fingerprint density at radius 3 is 2.44 bits per heavy atom. The number of alkyl halides is 3. The molecule has 1 atom stereocenters. The highest BCUT2D eigenvalue weighted by Crippen LogP contribution is 2.17. The molecule has 1 N–H and O–H groups in total. The van der Waals surface area contributed by atoms with Crippen molar-refractivity contribution in [1.82, 2.24) is 25.0 Å². The molecular weight excluding hydrogens is 479 g/mol. The summed E-state index contributed by atoms with van der Waals surface area (Å²) in [5.41, 5.74) is 1.76. The van der Waals surface area contributed by atoms with E-state index in [9.17, 15) is 22.8 Å². The molecule has 0 fully saturated rings. The molecule has 1 aliphatic rings. The fraction of sp³-hybridized carbons (Fsp3) is 0.708. The number of hydrogen-bond donors (Lipinski definition) is 1. The zero-order valence-corrected chi connectivity index (χ0v) is 21.4. The van der Waals surface area contributed by atoms with Gasteiger partial charge in [0.05, 0.1) is 25.1 Å². The number of likely N-dealkylation sites (N-methyl/N-ethyl adjacent to an activating group) is 1. The Labute approximate surface area is 210 Å². The largest absolute Gasteiger partial charge is 0.471 e. The van der Waals surface area contributed by atoms with E-state index in [-0.39, 0.29) is 6.54 Å². The van der Waals surface area contributed by atoms with E-state index in [1.54, 1.807) is 7.11 Å². The van der Waals surface area contributed by atoms with Crippen molar-refractivity contribution >= 4 is 11.9 Å². The fourth-order valence-corrected chi connectivity index (χ4v) is 4.05. The number of carbonyl (C=O) groups is 2. The molecule has 9 nitrogen and oxygen atoms in total. The number of nitrogens with one attached hydrogen (secondary N) is 1. The number of ether oxygens (including phenoxy) is 2. The summed E-state index contributed by atoms with van der Waals surface area (Å²) in [6.45, 7) is 5.43. The first-order chi connectivity index (χ1) is 17.1. The van der Waals surface area contributed by atoms with Crippen LogP contribution in [0.15, 0.2) is 18.2 Å². The van der Waals surface area contributed by atoms with E-state index in [4.69, 9.17) is 14.5 Å². The number of esters is 1. The molecule has 2 rings (SSSR count). The van der Waals surface area contributed by atoms with Gasteiger partial charge in [-0.3, -0.25) is 24.4 Å². The lowest BCUT2D eigenvalue weighted by Gasteiger charge is -2.33. The van der Waals surface area contributed by atoms with Gasteiger partial charge >= 0.3 is 18.1 Å². The number of carbonyl (C=O) groups excluding carboxylic acids is 2. The lowest BCUT2D eigenvalue weighted by molar-refractivity contribution is -0.173. The molecule has 1 aromatic rings. The Morgan fingerprint density at radius 1 is 1.08 bits per heavy atom. The summed E-state index contributed by atoms with van der Waals surface area (Å²) in [4.78, 5) is 35.0. The molecule has 0 aromatic carbocycles. The van der Waals surface area contributed by atoms with Crippen molar-refractivity contribution < 1.29 is 32.2 Å². The Balaban J connectivity index is 2.10. The van der Waals surface area contributed by atoms with Gasteiger partial charge in [0.2, 0.25) is 0 Å². The molecule has 0 saturated heterocycles. The first-order valence-electron chi connectivity index (χ1n) is 12.2. The van der Waals surface area contributed by atoms with Crippen molar-refractivity contribution in [2.24, 2.45) is 0 Å². The van der Waals surface area contributed by atoms with E-state index in [1.807, 2.05) is 35.5 Å². The van der Waals surface area contributed by atoms with E-state index in [1.165, 1.54) is 7.11 Å². The SMILES string of the molecule is COCCN1CCN(C)CCN(C(CCCCNC(=O)C(F)(F)F)C(=O)OC)Cc2cccc(n2)C1. The van der Waals surface area contributed by atoms with Crippen LogP contribution in [-0.2, 0) is 32.2 Å². The maximum absolute atomic E-state index is 12.7. The van der Waals surface area contributed by atoms with E-state index in [0.29, 0.717) is 52.0 Å². The molecule has 1 aromatic heterocycles. The van der Waals surface area contributed by atoms with Gasteiger partial charge in [-0.05, 0) is 38.4 Å². The minimum atomic E-state index is -4.90. The van der Waals surface area contributed by atoms with Gasteiger partial charge < -0.3 is 19.7 Å². The molecule has 2 heterocycles. The minimum absolute atomic E-state index is 0.113. The Morgan fingerprint density at radius 2 is 1.78 bits per heavy atom. The van der Waals surface area contributed by atoms with E-state index < -0.39 is 24.1 Å². The van der Waals surface area contributed by atoms with Crippen molar-refractivity contribution in [3.05, 3.63) is 29.6 Å². The second kappa shape index (κ2) is 15.1.